The molecule has 0 spiro atoms. The zero-order chi connectivity index (χ0) is 26.8. The van der Waals surface area contributed by atoms with Crippen LogP contribution in [0.4, 0.5) is 4.39 Å². The standard InChI is InChI=1S/C27H49FO8/c1-3-4-5-6-7-8-9-10-11-12-13-14-15-16-17-18-22(30)34-19-21(28)26-24(32)23(31)25(33)27(36-26)35-20(2)29/h21,23-27,31-33H,3-19H2,1-2H3/t21-,23-,24-,25-,26+,27?/m0/s1. The monoisotopic (exact) mass is 520 g/mol. The number of alkyl halides is 1. The molecule has 9 heteroatoms. The molecule has 8 nitrogen and oxygen atoms in total. The zero-order valence-corrected chi connectivity index (χ0v) is 22.2. The second-order valence-electron chi connectivity index (χ2n) is 9.95. The first-order valence-electron chi connectivity index (χ1n) is 13.9. The third kappa shape index (κ3) is 13.9. The van der Waals surface area contributed by atoms with Crippen LogP contribution in [-0.2, 0) is 23.8 Å². The van der Waals surface area contributed by atoms with Crippen molar-refractivity contribution in [3.63, 3.8) is 0 Å². The van der Waals surface area contributed by atoms with Crippen molar-refractivity contribution in [2.45, 2.75) is 153 Å². The highest BCUT2D eigenvalue weighted by Gasteiger charge is 2.48. The number of hydrogen-bond acceptors (Lipinski definition) is 8. The Hall–Kier alpha value is -1.29. The minimum absolute atomic E-state index is 0.177. The van der Waals surface area contributed by atoms with Crippen molar-refractivity contribution in [2.75, 3.05) is 6.61 Å². The number of halogens is 1. The fourth-order valence-corrected chi connectivity index (χ4v) is 4.41. The topological polar surface area (TPSA) is 123 Å². The summed E-state index contributed by atoms with van der Waals surface area (Å²) in [5.74, 6) is -1.35. The van der Waals surface area contributed by atoms with Crippen molar-refractivity contribution in [1.82, 2.24) is 0 Å². The molecule has 3 N–H and O–H groups in total. The van der Waals surface area contributed by atoms with Gasteiger partial charge in [-0.3, -0.25) is 9.59 Å². The fourth-order valence-electron chi connectivity index (χ4n) is 4.41. The third-order valence-electron chi connectivity index (χ3n) is 6.63. The van der Waals surface area contributed by atoms with Crippen LogP contribution in [0.2, 0.25) is 0 Å². The van der Waals surface area contributed by atoms with Gasteiger partial charge in [-0.2, -0.15) is 0 Å². The molecule has 0 saturated carbocycles. The molecule has 1 rings (SSSR count). The van der Waals surface area contributed by atoms with E-state index in [2.05, 4.69) is 6.92 Å². The van der Waals surface area contributed by atoms with Crippen molar-refractivity contribution < 1.29 is 43.5 Å². The van der Waals surface area contributed by atoms with Crippen LogP contribution in [-0.4, -0.2) is 70.7 Å². The molecule has 1 unspecified atom stereocenters. The number of carbonyl (C=O) groups is 2. The molecule has 212 valence electrons. The Morgan fingerprint density at radius 1 is 0.778 bits per heavy atom. The van der Waals surface area contributed by atoms with Gasteiger partial charge >= 0.3 is 11.9 Å². The molecule has 1 heterocycles. The molecule has 1 fully saturated rings. The summed E-state index contributed by atoms with van der Waals surface area (Å²) < 4.78 is 29.3. The lowest BCUT2D eigenvalue weighted by molar-refractivity contribution is -0.298. The normalized spacial score (nSPS) is 24.9. The van der Waals surface area contributed by atoms with Crippen molar-refractivity contribution >= 4 is 11.9 Å². The Morgan fingerprint density at radius 3 is 1.72 bits per heavy atom. The van der Waals surface area contributed by atoms with Crippen LogP contribution < -0.4 is 0 Å². The summed E-state index contributed by atoms with van der Waals surface area (Å²) in [6.07, 6.45) is 8.03. The van der Waals surface area contributed by atoms with Gasteiger partial charge in [-0.05, 0) is 6.42 Å². The number of carbonyl (C=O) groups excluding carboxylic acids is 2. The van der Waals surface area contributed by atoms with Crippen LogP contribution in [0.3, 0.4) is 0 Å². The van der Waals surface area contributed by atoms with Crippen LogP contribution in [0.15, 0.2) is 0 Å². The van der Waals surface area contributed by atoms with Gasteiger partial charge in [0.15, 0.2) is 6.17 Å². The van der Waals surface area contributed by atoms with Gasteiger partial charge in [0.1, 0.15) is 31.0 Å². The van der Waals surface area contributed by atoms with Crippen molar-refractivity contribution in [1.29, 1.82) is 0 Å². The van der Waals surface area contributed by atoms with E-state index in [9.17, 15) is 29.3 Å². The molecule has 0 bridgehead atoms. The minimum Gasteiger partial charge on any atom is -0.462 e. The quantitative estimate of drug-likeness (QED) is 0.158. The molecule has 1 aliphatic heterocycles. The van der Waals surface area contributed by atoms with E-state index in [4.69, 9.17) is 14.2 Å². The molecule has 0 aromatic carbocycles. The Morgan fingerprint density at radius 2 is 1.25 bits per heavy atom. The van der Waals surface area contributed by atoms with Crippen molar-refractivity contribution in [2.24, 2.45) is 0 Å². The lowest BCUT2D eigenvalue weighted by Gasteiger charge is -2.40. The smallest absolute Gasteiger partial charge is 0.305 e. The molecular weight excluding hydrogens is 471 g/mol. The summed E-state index contributed by atoms with van der Waals surface area (Å²) in [6, 6.07) is 0. The average Bonchev–Trinajstić information content (AvgIpc) is 2.85. The summed E-state index contributed by atoms with van der Waals surface area (Å²) >= 11 is 0. The Balaban J connectivity index is 2.05. The highest BCUT2D eigenvalue weighted by atomic mass is 19.1. The van der Waals surface area contributed by atoms with Gasteiger partial charge in [0, 0.05) is 13.3 Å². The molecule has 6 atom stereocenters. The minimum atomic E-state index is -1.97. The first-order chi connectivity index (χ1) is 17.3. The van der Waals surface area contributed by atoms with Crippen LogP contribution in [0.5, 0.6) is 0 Å². The van der Waals surface area contributed by atoms with E-state index >= 15 is 0 Å². The van der Waals surface area contributed by atoms with Gasteiger partial charge in [0.05, 0.1) is 0 Å². The van der Waals surface area contributed by atoms with E-state index in [-0.39, 0.29) is 6.42 Å². The number of ether oxygens (including phenoxy) is 3. The largest absolute Gasteiger partial charge is 0.462 e. The number of aliphatic hydroxyl groups is 3. The first kappa shape index (κ1) is 32.7. The molecule has 1 saturated heterocycles. The Kier molecular flexibility index (Phi) is 18.0. The zero-order valence-electron chi connectivity index (χ0n) is 22.2. The van der Waals surface area contributed by atoms with E-state index < -0.39 is 55.4 Å². The van der Waals surface area contributed by atoms with Crippen molar-refractivity contribution in [3.05, 3.63) is 0 Å². The highest BCUT2D eigenvalue weighted by Crippen LogP contribution is 2.26. The first-order valence-corrected chi connectivity index (χ1v) is 13.9. The van der Waals surface area contributed by atoms with E-state index in [1.54, 1.807) is 0 Å². The van der Waals surface area contributed by atoms with Crippen molar-refractivity contribution in [3.8, 4) is 0 Å². The number of rotatable bonds is 20. The lowest BCUT2D eigenvalue weighted by Crippen LogP contribution is -2.61. The molecular formula is C27H49FO8. The molecule has 0 amide bonds. The van der Waals surface area contributed by atoms with Crippen LogP contribution >= 0.6 is 0 Å². The van der Waals surface area contributed by atoms with Crippen LogP contribution in [0.25, 0.3) is 0 Å². The summed E-state index contributed by atoms with van der Waals surface area (Å²) in [4.78, 5) is 23.0. The van der Waals surface area contributed by atoms with Gasteiger partial charge in [0.2, 0.25) is 6.29 Å². The number of hydrogen-bond donors (Lipinski definition) is 3. The molecule has 36 heavy (non-hydrogen) atoms. The predicted octanol–water partition coefficient (Wildman–Crippen LogP) is 4.50. The molecule has 1 aliphatic rings. The summed E-state index contributed by atoms with van der Waals surface area (Å²) in [7, 11) is 0. The average molecular weight is 521 g/mol. The third-order valence-corrected chi connectivity index (χ3v) is 6.63. The molecule has 0 radical (unpaired) electrons. The van der Waals surface area contributed by atoms with E-state index in [1.165, 1.54) is 70.6 Å². The summed E-state index contributed by atoms with van der Waals surface area (Å²) in [5, 5.41) is 29.7. The van der Waals surface area contributed by atoms with Gasteiger partial charge < -0.3 is 29.5 Å². The second-order valence-corrected chi connectivity index (χ2v) is 9.95. The van der Waals surface area contributed by atoms with Crippen LogP contribution in [0.1, 0.15) is 117 Å². The maximum Gasteiger partial charge on any atom is 0.305 e. The maximum absolute atomic E-state index is 14.5. The summed E-state index contributed by atoms with van der Waals surface area (Å²) in [5.41, 5.74) is 0. The van der Waals surface area contributed by atoms with Crippen LogP contribution in [0, 0.1) is 0 Å². The number of esters is 2. The summed E-state index contributed by atoms with van der Waals surface area (Å²) in [6.45, 7) is 2.64. The fraction of sp³-hybridized carbons (Fsp3) is 0.926. The molecule has 0 aromatic heterocycles. The van der Waals surface area contributed by atoms with Gasteiger partial charge in [-0.25, -0.2) is 4.39 Å². The van der Waals surface area contributed by atoms with Gasteiger partial charge in [0.25, 0.3) is 0 Å². The number of aliphatic hydroxyl groups excluding tert-OH is 3. The Labute approximate surface area is 215 Å². The SMILES string of the molecule is CCCCCCCCCCCCCCCCCC(=O)OC[C@H](F)[C@H]1OC(OC(C)=O)[C@@H](O)[C@@H](O)[C@@H]1O. The maximum atomic E-state index is 14.5. The predicted molar refractivity (Wildman–Crippen MR) is 134 cm³/mol. The second kappa shape index (κ2) is 19.8. The van der Waals surface area contributed by atoms with E-state index in [0.717, 1.165) is 26.2 Å². The Bertz CT molecular complexity index is 590. The molecule has 0 aliphatic carbocycles. The molecule has 0 aromatic rings. The van der Waals surface area contributed by atoms with E-state index in [0.29, 0.717) is 6.42 Å². The highest BCUT2D eigenvalue weighted by molar-refractivity contribution is 5.69. The van der Waals surface area contributed by atoms with E-state index in [1.807, 2.05) is 0 Å². The van der Waals surface area contributed by atoms with Gasteiger partial charge in [-0.1, -0.05) is 96.8 Å². The number of unbranched alkanes of at least 4 members (excludes halogenated alkanes) is 14. The van der Waals surface area contributed by atoms with Gasteiger partial charge in [-0.15, -0.1) is 0 Å². The lowest BCUT2D eigenvalue weighted by atomic mass is 9.96.